The fraction of sp³-hybridized carbons (Fsp3) is 0.647. The van der Waals surface area contributed by atoms with Gasteiger partial charge in [0.25, 0.3) is 0 Å². The van der Waals surface area contributed by atoms with Crippen LogP contribution in [0.15, 0.2) is 12.1 Å². The molecular formula is C17H29NO2. The Hall–Kier alpha value is -1.06. The predicted octanol–water partition coefficient (Wildman–Crippen LogP) is 3.11. The van der Waals surface area contributed by atoms with E-state index < -0.39 is 6.10 Å². The monoisotopic (exact) mass is 279 g/mol. The molecule has 1 aromatic carbocycles. The first-order valence-electron chi connectivity index (χ1n) is 7.27. The minimum absolute atomic E-state index is 0.0261. The lowest BCUT2D eigenvalue weighted by molar-refractivity contribution is 0.164. The number of nitrogens with two attached hydrogens (primary N) is 1. The van der Waals surface area contributed by atoms with Gasteiger partial charge in [0.2, 0.25) is 0 Å². The van der Waals surface area contributed by atoms with Crippen molar-refractivity contribution in [2.45, 2.75) is 58.5 Å². The summed E-state index contributed by atoms with van der Waals surface area (Å²) in [6.45, 7) is 11.1. The zero-order valence-electron chi connectivity index (χ0n) is 13.7. The third kappa shape index (κ3) is 3.97. The van der Waals surface area contributed by atoms with Gasteiger partial charge >= 0.3 is 0 Å². The summed E-state index contributed by atoms with van der Waals surface area (Å²) >= 11 is 0. The summed E-state index contributed by atoms with van der Waals surface area (Å²) in [6, 6.07) is 4.34. The smallest absolute Gasteiger partial charge is 0.126 e. The summed E-state index contributed by atoms with van der Waals surface area (Å²) in [5, 5.41) is 9.79. The molecule has 0 aliphatic carbocycles. The van der Waals surface area contributed by atoms with E-state index in [9.17, 15) is 5.11 Å². The second-order valence-electron chi connectivity index (χ2n) is 6.71. The number of aliphatic hydroxyl groups is 1. The average molecular weight is 279 g/mol. The highest BCUT2D eigenvalue weighted by Crippen LogP contribution is 2.39. The number of rotatable bonds is 5. The van der Waals surface area contributed by atoms with Crippen molar-refractivity contribution < 1.29 is 9.84 Å². The predicted molar refractivity (Wildman–Crippen MR) is 84.5 cm³/mol. The van der Waals surface area contributed by atoms with Crippen LogP contribution in [0.5, 0.6) is 5.75 Å². The molecular weight excluding hydrogens is 250 g/mol. The van der Waals surface area contributed by atoms with Gasteiger partial charge in [-0.1, -0.05) is 45.4 Å². The highest BCUT2D eigenvalue weighted by molar-refractivity contribution is 5.49. The van der Waals surface area contributed by atoms with Crippen LogP contribution in [0.3, 0.4) is 0 Å². The molecule has 2 atom stereocenters. The summed E-state index contributed by atoms with van der Waals surface area (Å²) in [5.74, 6) is 1.16. The standard InChI is InChI=1S/C17H29NO2/c1-11-7-14(12(2)9-13(19)10-18)16(20-6)15(8-11)17(3,4)5/h7-8,12-13,19H,9-10,18H2,1-6H3. The van der Waals surface area contributed by atoms with E-state index in [2.05, 4.69) is 46.8 Å². The van der Waals surface area contributed by atoms with Crippen molar-refractivity contribution in [2.75, 3.05) is 13.7 Å². The van der Waals surface area contributed by atoms with E-state index in [1.807, 2.05) is 0 Å². The Balaban J connectivity index is 3.28. The number of aliphatic hydroxyl groups excluding tert-OH is 1. The van der Waals surface area contributed by atoms with Crippen molar-refractivity contribution >= 4 is 0 Å². The number of hydrogen-bond acceptors (Lipinski definition) is 3. The summed E-state index contributed by atoms with van der Waals surface area (Å²) in [7, 11) is 1.72. The second kappa shape index (κ2) is 6.59. The summed E-state index contributed by atoms with van der Waals surface area (Å²) in [4.78, 5) is 0. The molecule has 0 aliphatic heterocycles. The molecule has 0 radical (unpaired) electrons. The summed E-state index contributed by atoms with van der Waals surface area (Å²) < 4.78 is 5.68. The van der Waals surface area contributed by atoms with Crippen LogP contribution in [-0.4, -0.2) is 24.9 Å². The first-order chi connectivity index (χ1) is 9.20. The summed E-state index contributed by atoms with van der Waals surface area (Å²) in [5.41, 5.74) is 9.13. The van der Waals surface area contributed by atoms with Crippen molar-refractivity contribution in [3.8, 4) is 5.75 Å². The Morgan fingerprint density at radius 3 is 2.35 bits per heavy atom. The first-order valence-corrected chi connectivity index (χ1v) is 7.27. The fourth-order valence-electron chi connectivity index (χ4n) is 2.58. The minimum Gasteiger partial charge on any atom is -0.496 e. The van der Waals surface area contributed by atoms with Gasteiger partial charge in [0.05, 0.1) is 13.2 Å². The van der Waals surface area contributed by atoms with E-state index in [4.69, 9.17) is 10.5 Å². The van der Waals surface area contributed by atoms with Gasteiger partial charge in [0.1, 0.15) is 5.75 Å². The van der Waals surface area contributed by atoms with Gasteiger partial charge in [-0.3, -0.25) is 0 Å². The molecule has 0 saturated carbocycles. The molecule has 3 N–H and O–H groups in total. The Morgan fingerprint density at radius 2 is 1.90 bits per heavy atom. The topological polar surface area (TPSA) is 55.5 Å². The lowest BCUT2D eigenvalue weighted by atomic mass is 9.81. The maximum absolute atomic E-state index is 9.79. The fourth-order valence-corrected chi connectivity index (χ4v) is 2.58. The van der Waals surface area contributed by atoms with E-state index in [1.165, 1.54) is 11.1 Å². The second-order valence-corrected chi connectivity index (χ2v) is 6.71. The average Bonchev–Trinajstić information content (AvgIpc) is 2.36. The van der Waals surface area contributed by atoms with Gasteiger partial charge in [-0.2, -0.15) is 0 Å². The lowest BCUT2D eigenvalue weighted by Gasteiger charge is -2.27. The molecule has 0 fully saturated rings. The molecule has 0 aromatic heterocycles. The number of ether oxygens (including phenoxy) is 1. The van der Waals surface area contributed by atoms with Crippen LogP contribution < -0.4 is 10.5 Å². The minimum atomic E-state index is -0.465. The molecule has 1 aromatic rings. The van der Waals surface area contributed by atoms with Gasteiger partial charge in [0.15, 0.2) is 0 Å². The van der Waals surface area contributed by atoms with Gasteiger partial charge in [0, 0.05) is 12.1 Å². The maximum Gasteiger partial charge on any atom is 0.126 e. The summed E-state index contributed by atoms with van der Waals surface area (Å²) in [6.07, 6.45) is 0.188. The Bertz CT molecular complexity index is 449. The number of hydrogen-bond donors (Lipinski definition) is 2. The van der Waals surface area contributed by atoms with E-state index in [1.54, 1.807) is 7.11 Å². The molecule has 0 amide bonds. The van der Waals surface area contributed by atoms with E-state index >= 15 is 0 Å². The molecule has 0 bridgehead atoms. The van der Waals surface area contributed by atoms with E-state index in [0.29, 0.717) is 13.0 Å². The Kier molecular flexibility index (Phi) is 5.60. The van der Waals surface area contributed by atoms with Crippen LogP contribution in [0.25, 0.3) is 0 Å². The van der Waals surface area contributed by atoms with Gasteiger partial charge < -0.3 is 15.6 Å². The largest absolute Gasteiger partial charge is 0.496 e. The SMILES string of the molecule is COc1c(C(C)CC(O)CN)cc(C)cc1C(C)(C)C. The molecule has 0 heterocycles. The van der Waals surface area contributed by atoms with Crippen molar-refractivity contribution in [3.63, 3.8) is 0 Å². The third-order valence-electron chi connectivity index (χ3n) is 3.70. The molecule has 114 valence electrons. The number of aryl methyl sites for hydroxylation is 1. The molecule has 3 heteroatoms. The Morgan fingerprint density at radius 1 is 1.30 bits per heavy atom. The molecule has 3 nitrogen and oxygen atoms in total. The van der Waals surface area contributed by atoms with E-state index in [-0.39, 0.29) is 11.3 Å². The zero-order chi connectivity index (χ0) is 15.5. The molecule has 0 aliphatic rings. The van der Waals surface area contributed by atoms with Gasteiger partial charge in [-0.15, -0.1) is 0 Å². The molecule has 0 saturated heterocycles. The number of benzene rings is 1. The maximum atomic E-state index is 9.79. The lowest BCUT2D eigenvalue weighted by Crippen LogP contribution is -2.22. The van der Waals surface area contributed by atoms with Crippen molar-refractivity contribution in [1.82, 2.24) is 0 Å². The van der Waals surface area contributed by atoms with Gasteiger partial charge in [-0.05, 0) is 30.2 Å². The van der Waals surface area contributed by atoms with Crippen LogP contribution >= 0.6 is 0 Å². The van der Waals surface area contributed by atoms with Crippen molar-refractivity contribution in [2.24, 2.45) is 5.73 Å². The van der Waals surface area contributed by atoms with Crippen molar-refractivity contribution in [1.29, 1.82) is 0 Å². The normalized spacial score (nSPS) is 15.0. The third-order valence-corrected chi connectivity index (χ3v) is 3.70. The highest BCUT2D eigenvalue weighted by atomic mass is 16.5. The first kappa shape index (κ1) is 17.0. The van der Waals surface area contributed by atoms with Gasteiger partial charge in [-0.25, -0.2) is 0 Å². The van der Waals surface area contributed by atoms with Crippen LogP contribution in [0.1, 0.15) is 56.7 Å². The quantitative estimate of drug-likeness (QED) is 0.870. The molecule has 2 unspecified atom stereocenters. The van der Waals surface area contributed by atoms with Crippen LogP contribution in [0.2, 0.25) is 0 Å². The Labute approximate surface area is 123 Å². The van der Waals surface area contributed by atoms with Crippen molar-refractivity contribution in [3.05, 3.63) is 28.8 Å². The van der Waals surface area contributed by atoms with Crippen LogP contribution in [0, 0.1) is 6.92 Å². The van der Waals surface area contributed by atoms with Crippen LogP contribution in [-0.2, 0) is 5.41 Å². The zero-order valence-corrected chi connectivity index (χ0v) is 13.7. The van der Waals surface area contributed by atoms with Crippen LogP contribution in [0.4, 0.5) is 0 Å². The highest BCUT2D eigenvalue weighted by Gasteiger charge is 2.24. The molecule has 20 heavy (non-hydrogen) atoms. The molecule has 1 rings (SSSR count). The number of methoxy groups -OCH3 is 1. The molecule has 0 spiro atoms. The van der Waals surface area contributed by atoms with E-state index in [0.717, 1.165) is 11.3 Å².